The summed E-state index contributed by atoms with van der Waals surface area (Å²) in [5.41, 5.74) is 7.81. The molecule has 0 unspecified atom stereocenters. The molecule has 0 aromatic heterocycles. The molecule has 8 rings (SSSR count). The number of hydrogen-bond donors (Lipinski definition) is 0. The number of fused-ring (bicyclic) bond motifs is 2. The number of hydrogen-bond acceptors (Lipinski definition) is 6. The van der Waals surface area contributed by atoms with E-state index in [9.17, 15) is 0 Å². The Kier molecular flexibility index (Phi) is 14.5. The van der Waals surface area contributed by atoms with Crippen molar-refractivity contribution in [2.45, 2.75) is 92.9 Å². The van der Waals surface area contributed by atoms with E-state index in [4.69, 9.17) is 27.1 Å². The zero-order chi connectivity index (χ0) is 46.5. The second-order valence-corrected chi connectivity index (χ2v) is 20.0. The zero-order valence-electron chi connectivity index (χ0n) is 39.7. The van der Waals surface area contributed by atoms with Crippen LogP contribution in [-0.2, 0) is 0 Å². The Bertz CT molecular complexity index is 2650. The van der Waals surface area contributed by atoms with E-state index in [2.05, 4.69) is 154 Å². The van der Waals surface area contributed by atoms with Gasteiger partial charge in [0, 0.05) is 11.1 Å². The topological polar surface area (TPSA) is 55.4 Å². The SMILES string of the molecule is Cc1cc2ccccc2c(-c2c(OP(Oc3ccccc3C(C)C)Oc3ccccc3C(C)C)c(C)cc3ccccc23)c1OP(Oc1ccccc1C(C)C)Oc1ccccc1C(C)C. The lowest BCUT2D eigenvalue weighted by molar-refractivity contribution is 0.380. The maximum Gasteiger partial charge on any atom is 0.530 e. The molecule has 0 saturated heterocycles. The maximum atomic E-state index is 7.35. The molecule has 8 aromatic carbocycles. The van der Waals surface area contributed by atoms with Crippen LogP contribution in [0.3, 0.4) is 0 Å². The van der Waals surface area contributed by atoms with Gasteiger partial charge in [0.1, 0.15) is 34.5 Å². The van der Waals surface area contributed by atoms with Crippen LogP contribution in [0.5, 0.6) is 34.5 Å². The lowest BCUT2D eigenvalue weighted by atomic mass is 9.89. The lowest BCUT2D eigenvalue weighted by Crippen LogP contribution is -2.09. The van der Waals surface area contributed by atoms with Gasteiger partial charge in [0.15, 0.2) is 0 Å². The molecule has 0 fully saturated rings. The van der Waals surface area contributed by atoms with Gasteiger partial charge in [-0.2, -0.15) is 0 Å². The normalized spacial score (nSPS) is 11.7. The van der Waals surface area contributed by atoms with E-state index in [-0.39, 0.29) is 23.7 Å². The molecule has 0 aliphatic carbocycles. The molecule has 0 aliphatic rings. The van der Waals surface area contributed by atoms with Crippen molar-refractivity contribution in [3.05, 3.63) is 191 Å². The van der Waals surface area contributed by atoms with Crippen molar-refractivity contribution in [1.29, 1.82) is 0 Å². The monoisotopic (exact) mass is 914 g/mol. The van der Waals surface area contributed by atoms with E-state index in [0.717, 1.165) is 66.1 Å². The van der Waals surface area contributed by atoms with E-state index in [0.29, 0.717) is 34.5 Å². The van der Waals surface area contributed by atoms with Crippen LogP contribution in [0, 0.1) is 13.8 Å². The highest BCUT2D eigenvalue weighted by Crippen LogP contribution is 2.56. The van der Waals surface area contributed by atoms with E-state index >= 15 is 0 Å². The Morgan fingerprint density at radius 1 is 0.318 bits per heavy atom. The Hall–Kier alpha value is -6.06. The van der Waals surface area contributed by atoms with Crippen LogP contribution in [0.25, 0.3) is 32.7 Å². The molecule has 66 heavy (non-hydrogen) atoms. The molecule has 8 heteroatoms. The summed E-state index contributed by atoms with van der Waals surface area (Å²) >= 11 is 0. The standard InChI is InChI=1S/C58H60O6P2/c1-37(2)45-25-15-19-31-51(45)59-65(60-52-32-20-16-26-46(52)38(3)4)63-57-41(9)35-43-23-11-13-29-49(43)55(57)56-50-30-14-12-24-44(50)36-42(10)58(56)64-66(61-53-33-21-17-27-47(53)39(5)6)62-54-34-22-18-28-48(54)40(7)8/h11-40H,1-10H3. The van der Waals surface area contributed by atoms with Crippen molar-refractivity contribution in [3.63, 3.8) is 0 Å². The molecule has 8 aromatic rings. The minimum absolute atomic E-state index is 0.205. The molecular formula is C58H60O6P2. The minimum atomic E-state index is -2.10. The molecule has 0 saturated carbocycles. The fourth-order valence-electron chi connectivity index (χ4n) is 8.41. The van der Waals surface area contributed by atoms with Crippen LogP contribution in [0.2, 0.25) is 0 Å². The summed E-state index contributed by atoms with van der Waals surface area (Å²) in [6, 6.07) is 53.8. The largest absolute Gasteiger partial charge is 0.530 e. The summed E-state index contributed by atoms with van der Waals surface area (Å²) in [4.78, 5) is 0. The van der Waals surface area contributed by atoms with Gasteiger partial charge in [-0.05, 0) is 129 Å². The van der Waals surface area contributed by atoms with Crippen molar-refractivity contribution in [1.82, 2.24) is 0 Å². The van der Waals surface area contributed by atoms with E-state index in [1.807, 2.05) is 72.8 Å². The second kappa shape index (κ2) is 20.6. The minimum Gasteiger partial charge on any atom is -0.408 e. The third kappa shape index (κ3) is 10.2. The molecule has 0 aliphatic heterocycles. The van der Waals surface area contributed by atoms with Gasteiger partial charge in [0.25, 0.3) is 0 Å². The van der Waals surface area contributed by atoms with Crippen molar-refractivity contribution >= 4 is 38.7 Å². The molecule has 6 nitrogen and oxygen atoms in total. The third-order valence-electron chi connectivity index (χ3n) is 11.8. The summed E-state index contributed by atoms with van der Waals surface area (Å²) in [5, 5.41) is 4.09. The number of rotatable bonds is 17. The highest BCUT2D eigenvalue weighted by molar-refractivity contribution is 7.43. The van der Waals surface area contributed by atoms with Crippen molar-refractivity contribution in [3.8, 4) is 45.6 Å². The van der Waals surface area contributed by atoms with E-state index < -0.39 is 17.2 Å². The van der Waals surface area contributed by atoms with Gasteiger partial charge in [-0.25, -0.2) is 0 Å². The highest BCUT2D eigenvalue weighted by Gasteiger charge is 2.32. The molecule has 0 radical (unpaired) electrons. The summed E-state index contributed by atoms with van der Waals surface area (Å²) in [5.74, 6) is 4.95. The van der Waals surface area contributed by atoms with E-state index in [1.54, 1.807) is 0 Å². The van der Waals surface area contributed by atoms with Crippen molar-refractivity contribution in [2.24, 2.45) is 0 Å². The highest BCUT2D eigenvalue weighted by atomic mass is 31.2. The maximum absolute atomic E-state index is 7.35. The van der Waals surface area contributed by atoms with E-state index in [1.165, 1.54) is 0 Å². The van der Waals surface area contributed by atoms with Crippen molar-refractivity contribution < 1.29 is 27.1 Å². The molecular weight excluding hydrogens is 855 g/mol. The Balaban J connectivity index is 1.35. The fourth-order valence-corrected chi connectivity index (χ4v) is 10.7. The fraction of sp³-hybridized carbons (Fsp3) is 0.241. The molecule has 0 heterocycles. The average molecular weight is 915 g/mol. The molecule has 0 atom stereocenters. The Morgan fingerprint density at radius 2 is 0.576 bits per heavy atom. The summed E-state index contributed by atoms with van der Waals surface area (Å²) in [7, 11) is -4.20. The van der Waals surface area contributed by atoms with Crippen LogP contribution in [0.4, 0.5) is 0 Å². The molecule has 0 spiro atoms. The first-order valence-electron chi connectivity index (χ1n) is 23.0. The van der Waals surface area contributed by atoms with Gasteiger partial charge in [0.2, 0.25) is 0 Å². The van der Waals surface area contributed by atoms with Crippen LogP contribution >= 0.6 is 17.2 Å². The van der Waals surface area contributed by atoms with Gasteiger partial charge in [-0.15, -0.1) is 0 Å². The Labute approximate surface area is 393 Å². The Morgan fingerprint density at radius 3 is 0.864 bits per heavy atom. The van der Waals surface area contributed by atoms with Gasteiger partial charge in [-0.1, -0.05) is 177 Å². The van der Waals surface area contributed by atoms with Gasteiger partial charge in [-0.3, -0.25) is 0 Å². The summed E-state index contributed by atoms with van der Waals surface area (Å²) in [6.45, 7) is 21.5. The number of benzene rings is 8. The predicted octanol–water partition coefficient (Wildman–Crippen LogP) is 18.3. The van der Waals surface area contributed by atoms with Crippen LogP contribution in [0.1, 0.15) is 112 Å². The quantitative estimate of drug-likeness (QED) is 0.0849. The molecule has 338 valence electrons. The molecule has 0 bridgehead atoms. The third-order valence-corrected chi connectivity index (χ3v) is 13.9. The van der Waals surface area contributed by atoms with Gasteiger partial charge in [0.05, 0.1) is 0 Å². The van der Waals surface area contributed by atoms with Crippen LogP contribution in [-0.4, -0.2) is 0 Å². The first kappa shape index (κ1) is 46.5. The van der Waals surface area contributed by atoms with Gasteiger partial charge < -0.3 is 27.1 Å². The predicted molar refractivity (Wildman–Crippen MR) is 276 cm³/mol. The molecule has 0 amide bonds. The second-order valence-electron chi connectivity index (χ2n) is 18.0. The number of para-hydroxylation sites is 4. The first-order valence-corrected chi connectivity index (χ1v) is 25.2. The van der Waals surface area contributed by atoms with Crippen LogP contribution in [0.15, 0.2) is 158 Å². The number of aryl methyl sites for hydroxylation is 2. The summed E-state index contributed by atoms with van der Waals surface area (Å²) in [6.07, 6.45) is 0. The van der Waals surface area contributed by atoms with Gasteiger partial charge >= 0.3 is 17.2 Å². The molecule has 0 N–H and O–H groups in total. The van der Waals surface area contributed by atoms with Crippen molar-refractivity contribution in [2.75, 3.05) is 0 Å². The van der Waals surface area contributed by atoms with Crippen LogP contribution < -0.4 is 27.1 Å². The first-order chi connectivity index (χ1) is 31.9. The lowest BCUT2D eigenvalue weighted by Gasteiger charge is -2.27. The zero-order valence-corrected chi connectivity index (χ0v) is 41.5. The summed E-state index contributed by atoms with van der Waals surface area (Å²) < 4.78 is 42.5. The smallest absolute Gasteiger partial charge is 0.408 e. The average Bonchev–Trinajstić information content (AvgIpc) is 3.30.